The number of nitrogens with zero attached hydrogens (tertiary/aromatic N) is 3. The number of hydrogen-bond donors (Lipinski definition) is 3. The predicted molar refractivity (Wildman–Crippen MR) is 138 cm³/mol. The normalized spacial score (nSPS) is 15.2. The quantitative estimate of drug-likeness (QED) is 0.459. The fourth-order valence-corrected chi connectivity index (χ4v) is 4.62. The minimum Gasteiger partial charge on any atom is -0.474 e. The van der Waals surface area contributed by atoms with Gasteiger partial charge in [0.2, 0.25) is 0 Å². The first-order chi connectivity index (χ1) is 16.8. The van der Waals surface area contributed by atoms with Crippen LogP contribution in [0.2, 0.25) is 5.02 Å². The number of hydrogen-bond acceptors (Lipinski definition) is 8. The van der Waals surface area contributed by atoms with Crippen molar-refractivity contribution in [3.8, 4) is 0 Å². The Morgan fingerprint density at radius 2 is 1.89 bits per heavy atom. The molecular formula is C24H30ClN5O5S. The number of aliphatic carboxylic acids is 1. The Hall–Kier alpha value is -3.05. The van der Waals surface area contributed by atoms with Crippen LogP contribution in [0.1, 0.15) is 40.5 Å². The Morgan fingerprint density at radius 3 is 2.47 bits per heavy atom. The number of carbonyl (C=O) groups excluding carboxylic acids is 2. The molecule has 3 rings (SSSR count). The van der Waals surface area contributed by atoms with Crippen molar-refractivity contribution >= 4 is 52.8 Å². The number of ether oxygens (including phenoxy) is 1. The van der Waals surface area contributed by atoms with Crippen LogP contribution in [0.4, 0.5) is 16.3 Å². The summed E-state index contributed by atoms with van der Waals surface area (Å²) in [6.45, 7) is 9.78. The lowest BCUT2D eigenvalue weighted by Crippen LogP contribution is -2.45. The van der Waals surface area contributed by atoms with E-state index in [0.717, 1.165) is 31.7 Å². The Morgan fingerprint density at radius 1 is 1.19 bits per heavy atom. The van der Waals surface area contributed by atoms with Gasteiger partial charge in [0.15, 0.2) is 0 Å². The topological polar surface area (TPSA) is 134 Å². The maximum atomic E-state index is 12.0. The van der Waals surface area contributed by atoms with Crippen LogP contribution in [-0.2, 0) is 14.3 Å². The van der Waals surface area contributed by atoms with Crippen LogP contribution in [0, 0.1) is 5.41 Å². The molecule has 2 aromatic rings. The molecular weight excluding hydrogens is 506 g/mol. The van der Waals surface area contributed by atoms with E-state index in [9.17, 15) is 14.4 Å². The number of carboxylic acids is 1. The second-order valence-corrected chi connectivity index (χ2v) is 11.3. The fraction of sp³-hybridized carbons (Fsp3) is 0.458. The van der Waals surface area contributed by atoms with E-state index < -0.39 is 23.6 Å². The van der Waals surface area contributed by atoms with Crippen LogP contribution in [0.15, 0.2) is 40.5 Å². The number of halogens is 1. The molecule has 1 aromatic carbocycles. The molecule has 10 nitrogen and oxygen atoms in total. The number of nitrogens with one attached hydrogen (secondary N) is 2. The SMILES string of the molecule is CC1(CNC(=O)OC(C)(C)C)CCN(c2cnc(Sc3cccc(NC(=O)C(=O)O)c3Cl)cn2)CC1. The van der Waals surface area contributed by atoms with Crippen molar-refractivity contribution in [3.63, 3.8) is 0 Å². The number of amides is 2. The molecule has 1 fully saturated rings. The average molecular weight is 536 g/mol. The highest BCUT2D eigenvalue weighted by Crippen LogP contribution is 2.37. The lowest BCUT2D eigenvalue weighted by molar-refractivity contribution is -0.147. The molecule has 0 unspecified atom stereocenters. The van der Waals surface area contributed by atoms with E-state index in [1.807, 2.05) is 20.8 Å². The molecule has 2 heterocycles. The van der Waals surface area contributed by atoms with E-state index in [1.54, 1.807) is 24.5 Å². The van der Waals surface area contributed by atoms with Gasteiger partial charge < -0.3 is 25.4 Å². The van der Waals surface area contributed by atoms with Gasteiger partial charge in [-0.05, 0) is 51.2 Å². The highest BCUT2D eigenvalue weighted by molar-refractivity contribution is 7.99. The lowest BCUT2D eigenvalue weighted by Gasteiger charge is -2.40. The largest absolute Gasteiger partial charge is 0.474 e. The molecule has 3 N–H and O–H groups in total. The highest BCUT2D eigenvalue weighted by atomic mass is 35.5. The number of rotatable bonds is 6. The van der Waals surface area contributed by atoms with Gasteiger partial charge in [-0.2, -0.15) is 0 Å². The van der Waals surface area contributed by atoms with Crippen LogP contribution >= 0.6 is 23.4 Å². The molecule has 0 bridgehead atoms. The summed E-state index contributed by atoms with van der Waals surface area (Å²) in [6.07, 6.45) is 4.71. The zero-order valence-electron chi connectivity index (χ0n) is 20.6. The van der Waals surface area contributed by atoms with Crippen LogP contribution < -0.4 is 15.5 Å². The van der Waals surface area contributed by atoms with Gasteiger partial charge in [0.25, 0.3) is 0 Å². The Labute approximate surface area is 219 Å². The van der Waals surface area contributed by atoms with Gasteiger partial charge in [-0.15, -0.1) is 0 Å². The highest BCUT2D eigenvalue weighted by Gasteiger charge is 2.31. The Balaban J connectivity index is 1.55. The van der Waals surface area contributed by atoms with E-state index in [0.29, 0.717) is 16.5 Å². The zero-order valence-corrected chi connectivity index (χ0v) is 22.2. The predicted octanol–water partition coefficient (Wildman–Crippen LogP) is 4.44. The van der Waals surface area contributed by atoms with E-state index in [1.165, 1.54) is 17.8 Å². The molecule has 0 radical (unpaired) electrons. The summed E-state index contributed by atoms with van der Waals surface area (Å²) in [5, 5.41) is 14.8. The smallest absolute Gasteiger partial charge is 0.407 e. The fourth-order valence-electron chi connectivity index (χ4n) is 3.55. The molecule has 1 aromatic heterocycles. The third kappa shape index (κ3) is 7.72. The number of piperidine rings is 1. The first-order valence-corrected chi connectivity index (χ1v) is 12.6. The Kier molecular flexibility index (Phi) is 8.67. The summed E-state index contributed by atoms with van der Waals surface area (Å²) in [7, 11) is 0. The van der Waals surface area contributed by atoms with Gasteiger partial charge in [0.05, 0.1) is 23.1 Å². The first-order valence-electron chi connectivity index (χ1n) is 11.4. The van der Waals surface area contributed by atoms with Crippen LogP contribution in [0.3, 0.4) is 0 Å². The third-order valence-electron chi connectivity index (χ3n) is 5.59. The van der Waals surface area contributed by atoms with Crippen molar-refractivity contribution in [1.82, 2.24) is 15.3 Å². The maximum Gasteiger partial charge on any atom is 0.407 e. The van der Waals surface area contributed by atoms with Crippen LogP contribution in [-0.4, -0.2) is 58.3 Å². The molecule has 0 spiro atoms. The first kappa shape index (κ1) is 27.5. The minimum atomic E-state index is -1.59. The number of carbonyl (C=O) groups is 3. The summed E-state index contributed by atoms with van der Waals surface area (Å²) in [5.74, 6) is -2.00. The van der Waals surface area contributed by atoms with Crippen molar-refractivity contribution in [1.29, 1.82) is 0 Å². The number of benzene rings is 1. The van der Waals surface area contributed by atoms with Gasteiger partial charge >= 0.3 is 18.0 Å². The van der Waals surface area contributed by atoms with E-state index in [4.69, 9.17) is 21.4 Å². The number of carboxylic acid groups (broad SMARTS) is 1. The van der Waals surface area contributed by atoms with Crippen molar-refractivity contribution in [2.45, 2.75) is 56.1 Å². The Bertz CT molecular complexity index is 1110. The van der Waals surface area contributed by atoms with Crippen molar-refractivity contribution in [3.05, 3.63) is 35.6 Å². The molecule has 0 saturated carbocycles. The molecule has 0 aliphatic carbocycles. The molecule has 194 valence electrons. The van der Waals surface area contributed by atoms with Crippen molar-refractivity contribution < 1.29 is 24.2 Å². The summed E-state index contributed by atoms with van der Waals surface area (Å²) in [6, 6.07) is 4.93. The second-order valence-electron chi connectivity index (χ2n) is 9.85. The molecule has 2 amide bonds. The summed E-state index contributed by atoms with van der Waals surface area (Å²) >= 11 is 7.60. The number of aromatic nitrogens is 2. The van der Waals surface area contributed by atoms with Gasteiger partial charge in [0.1, 0.15) is 16.4 Å². The van der Waals surface area contributed by atoms with Gasteiger partial charge in [0, 0.05) is 24.5 Å². The number of alkyl carbamates (subject to hydrolysis) is 1. The van der Waals surface area contributed by atoms with E-state index >= 15 is 0 Å². The molecule has 12 heteroatoms. The average Bonchev–Trinajstić information content (AvgIpc) is 2.80. The zero-order chi connectivity index (χ0) is 26.5. The summed E-state index contributed by atoms with van der Waals surface area (Å²) < 4.78 is 5.33. The van der Waals surface area contributed by atoms with Crippen molar-refractivity contribution in [2.24, 2.45) is 5.41 Å². The standard InChI is InChI=1S/C24H30ClN5O5S/c1-23(2,3)35-22(34)28-14-24(4)8-10-30(11-9-24)17-12-27-18(13-26-17)36-16-7-5-6-15(19(16)25)29-20(31)21(32)33/h5-7,12-13H,8-11,14H2,1-4H3,(H,28,34)(H,29,31)(H,32,33). The lowest BCUT2D eigenvalue weighted by atomic mass is 9.80. The van der Waals surface area contributed by atoms with Crippen LogP contribution in [0.25, 0.3) is 0 Å². The van der Waals surface area contributed by atoms with Crippen LogP contribution in [0.5, 0.6) is 0 Å². The number of anilines is 2. The molecule has 36 heavy (non-hydrogen) atoms. The molecule has 0 atom stereocenters. The van der Waals surface area contributed by atoms with Gasteiger partial charge in [-0.1, -0.05) is 36.4 Å². The molecule has 1 saturated heterocycles. The second kappa shape index (κ2) is 11.3. The van der Waals surface area contributed by atoms with Gasteiger partial charge in [-0.3, -0.25) is 4.79 Å². The van der Waals surface area contributed by atoms with E-state index in [2.05, 4.69) is 32.4 Å². The molecule has 1 aliphatic rings. The summed E-state index contributed by atoms with van der Waals surface area (Å²) in [5.41, 5.74) is -0.354. The van der Waals surface area contributed by atoms with Crippen molar-refractivity contribution in [2.75, 3.05) is 29.9 Å². The van der Waals surface area contributed by atoms with E-state index in [-0.39, 0.29) is 16.1 Å². The van der Waals surface area contributed by atoms with Gasteiger partial charge in [-0.25, -0.2) is 19.6 Å². The third-order valence-corrected chi connectivity index (χ3v) is 7.09. The maximum absolute atomic E-state index is 12.0. The minimum absolute atomic E-state index is 0.0333. The summed E-state index contributed by atoms with van der Waals surface area (Å²) in [4.78, 5) is 46.0. The monoisotopic (exact) mass is 535 g/mol. The molecule has 1 aliphatic heterocycles.